The maximum Gasteiger partial charge on any atom is 0.181 e. The molecule has 1 fully saturated rings. The number of hydrogen-bond acceptors (Lipinski definition) is 5. The Morgan fingerprint density at radius 3 is 2.35 bits per heavy atom. The van der Waals surface area contributed by atoms with Crippen LogP contribution < -0.4 is 5.73 Å². The zero-order valence-electron chi connectivity index (χ0n) is 11.3. The lowest BCUT2D eigenvalue weighted by Crippen LogP contribution is -2.34. The van der Waals surface area contributed by atoms with E-state index in [0.717, 1.165) is 0 Å². The average molecular weight is 317 g/mol. The molecule has 0 heterocycles. The van der Waals surface area contributed by atoms with Crippen molar-refractivity contribution in [2.24, 2.45) is 0 Å². The lowest BCUT2D eigenvalue weighted by Gasteiger charge is -2.27. The Morgan fingerprint density at radius 2 is 1.75 bits per heavy atom. The van der Waals surface area contributed by atoms with E-state index < -0.39 is 30.2 Å². The molecule has 1 aliphatic carbocycles. The second-order valence-corrected chi connectivity index (χ2v) is 9.91. The Morgan fingerprint density at radius 1 is 1.10 bits per heavy atom. The van der Waals surface area contributed by atoms with Crippen molar-refractivity contribution in [1.29, 1.82) is 0 Å². The van der Waals surface area contributed by atoms with Crippen LogP contribution in [0.4, 0.5) is 5.69 Å². The summed E-state index contributed by atoms with van der Waals surface area (Å²) in [6.07, 6.45) is 3.01. The van der Waals surface area contributed by atoms with Gasteiger partial charge in [0.05, 0.1) is 15.4 Å². The van der Waals surface area contributed by atoms with Crippen LogP contribution in [0.25, 0.3) is 0 Å². The first-order valence-electron chi connectivity index (χ1n) is 6.49. The normalized spacial score (nSPS) is 24.4. The number of benzene rings is 1. The van der Waals surface area contributed by atoms with E-state index >= 15 is 0 Å². The van der Waals surface area contributed by atoms with Crippen molar-refractivity contribution in [2.45, 2.75) is 41.1 Å². The molecule has 2 N–H and O–H groups in total. The molecule has 0 aromatic heterocycles. The zero-order chi connectivity index (χ0) is 15.0. The van der Waals surface area contributed by atoms with Crippen LogP contribution in [0.2, 0.25) is 0 Å². The van der Waals surface area contributed by atoms with Gasteiger partial charge < -0.3 is 5.73 Å². The van der Waals surface area contributed by atoms with Gasteiger partial charge in [-0.1, -0.05) is 12.5 Å². The average Bonchev–Trinajstić information content (AvgIpc) is 2.38. The third-order valence-electron chi connectivity index (χ3n) is 3.81. The summed E-state index contributed by atoms with van der Waals surface area (Å²) < 4.78 is 48.4. The lowest BCUT2D eigenvalue weighted by molar-refractivity contribution is 0.473. The minimum absolute atomic E-state index is 0.177. The highest BCUT2D eigenvalue weighted by Crippen LogP contribution is 2.32. The molecule has 0 radical (unpaired) electrons. The molecular weight excluding hydrogens is 298 g/mol. The monoisotopic (exact) mass is 317 g/mol. The molecule has 2 atom stereocenters. The van der Waals surface area contributed by atoms with Crippen LogP contribution in [0.3, 0.4) is 0 Å². The molecule has 20 heavy (non-hydrogen) atoms. The van der Waals surface area contributed by atoms with Crippen molar-refractivity contribution >= 4 is 25.4 Å². The van der Waals surface area contributed by atoms with Crippen LogP contribution in [-0.4, -0.2) is 33.6 Å². The van der Waals surface area contributed by atoms with Gasteiger partial charge in [0.15, 0.2) is 9.84 Å². The quantitative estimate of drug-likeness (QED) is 0.850. The molecule has 0 saturated heterocycles. The van der Waals surface area contributed by atoms with E-state index in [0.29, 0.717) is 24.9 Å². The van der Waals surface area contributed by atoms with Gasteiger partial charge in [-0.15, -0.1) is 0 Å². The molecule has 1 aromatic carbocycles. The van der Waals surface area contributed by atoms with Crippen molar-refractivity contribution in [1.82, 2.24) is 0 Å². The molecule has 112 valence electrons. The molecule has 0 spiro atoms. The zero-order valence-corrected chi connectivity index (χ0v) is 13.0. The molecule has 7 heteroatoms. The summed E-state index contributed by atoms with van der Waals surface area (Å²) in [6, 6.07) is 6.16. The van der Waals surface area contributed by atoms with Crippen LogP contribution >= 0.6 is 0 Å². The molecule has 0 aliphatic heterocycles. The lowest BCUT2D eigenvalue weighted by atomic mass is 10.00. The summed E-state index contributed by atoms with van der Waals surface area (Å²) in [5.41, 5.74) is 6.01. The van der Waals surface area contributed by atoms with Gasteiger partial charge in [0.25, 0.3) is 0 Å². The first-order chi connectivity index (χ1) is 9.21. The molecule has 5 nitrogen and oxygen atoms in total. The minimum Gasteiger partial charge on any atom is -0.399 e. The summed E-state index contributed by atoms with van der Waals surface area (Å²) >= 11 is 0. The van der Waals surface area contributed by atoms with Gasteiger partial charge in [-0.05, 0) is 37.5 Å². The van der Waals surface area contributed by atoms with Crippen LogP contribution in [0, 0.1) is 0 Å². The highest BCUT2D eigenvalue weighted by molar-refractivity contribution is 7.92. The standard InChI is InChI=1S/C13H19NO4S2/c1-19(15,16)11-5-3-7-13(9-11)20(17,18)12-6-2-4-10(14)8-12/h2,4,6,8,11,13H,3,5,7,9,14H2,1H3. The molecule has 1 aliphatic rings. The fraction of sp³-hybridized carbons (Fsp3) is 0.538. The fourth-order valence-corrected chi connectivity index (χ4v) is 5.87. The summed E-state index contributed by atoms with van der Waals surface area (Å²) in [5.74, 6) is 0. The van der Waals surface area contributed by atoms with E-state index in [1.165, 1.54) is 18.4 Å². The minimum atomic E-state index is -3.52. The van der Waals surface area contributed by atoms with Gasteiger partial charge in [-0.3, -0.25) is 0 Å². The topological polar surface area (TPSA) is 94.3 Å². The van der Waals surface area contributed by atoms with E-state index in [4.69, 9.17) is 5.73 Å². The van der Waals surface area contributed by atoms with Gasteiger partial charge in [-0.2, -0.15) is 0 Å². The van der Waals surface area contributed by atoms with Crippen molar-refractivity contribution < 1.29 is 16.8 Å². The van der Waals surface area contributed by atoms with E-state index in [2.05, 4.69) is 0 Å². The second-order valence-electron chi connectivity index (χ2n) is 5.36. The van der Waals surface area contributed by atoms with Crippen LogP contribution in [-0.2, 0) is 19.7 Å². The van der Waals surface area contributed by atoms with Crippen LogP contribution in [0.1, 0.15) is 25.7 Å². The molecule has 1 aromatic rings. The van der Waals surface area contributed by atoms with E-state index in [9.17, 15) is 16.8 Å². The summed E-state index contributed by atoms with van der Waals surface area (Å²) in [5, 5.41) is -1.20. The molecule has 2 rings (SSSR count). The Bertz CT molecular complexity index is 695. The summed E-state index contributed by atoms with van der Waals surface area (Å²) in [6.45, 7) is 0. The summed E-state index contributed by atoms with van der Waals surface area (Å²) in [7, 11) is -6.72. The van der Waals surface area contributed by atoms with Crippen LogP contribution in [0.15, 0.2) is 29.2 Å². The summed E-state index contributed by atoms with van der Waals surface area (Å²) in [4.78, 5) is 0.177. The Balaban J connectivity index is 2.30. The van der Waals surface area contributed by atoms with Gasteiger partial charge in [0.2, 0.25) is 0 Å². The second kappa shape index (κ2) is 5.37. The third-order valence-corrected chi connectivity index (χ3v) is 7.66. The molecular formula is C13H19NO4S2. The maximum atomic E-state index is 12.6. The van der Waals surface area contributed by atoms with Gasteiger partial charge in [-0.25, -0.2) is 16.8 Å². The highest BCUT2D eigenvalue weighted by Gasteiger charge is 2.36. The molecule has 0 amide bonds. The van der Waals surface area contributed by atoms with E-state index in [1.54, 1.807) is 12.1 Å². The van der Waals surface area contributed by atoms with Crippen molar-refractivity contribution in [3.05, 3.63) is 24.3 Å². The number of anilines is 1. The number of nitrogens with two attached hydrogens (primary N) is 1. The molecule has 1 saturated carbocycles. The number of sulfone groups is 2. The van der Waals surface area contributed by atoms with Crippen LogP contribution in [0.5, 0.6) is 0 Å². The number of nitrogen functional groups attached to an aromatic ring is 1. The molecule has 0 bridgehead atoms. The van der Waals surface area contributed by atoms with Gasteiger partial charge in [0, 0.05) is 11.9 Å². The maximum absolute atomic E-state index is 12.6. The highest BCUT2D eigenvalue weighted by atomic mass is 32.2. The first-order valence-corrected chi connectivity index (χ1v) is 9.99. The fourth-order valence-electron chi connectivity index (χ4n) is 2.66. The van der Waals surface area contributed by atoms with Crippen molar-refractivity contribution in [2.75, 3.05) is 12.0 Å². The van der Waals surface area contributed by atoms with Crippen molar-refractivity contribution in [3.8, 4) is 0 Å². The smallest absolute Gasteiger partial charge is 0.181 e. The van der Waals surface area contributed by atoms with Crippen molar-refractivity contribution in [3.63, 3.8) is 0 Å². The number of hydrogen-bond donors (Lipinski definition) is 1. The third kappa shape index (κ3) is 3.15. The molecule has 2 unspecified atom stereocenters. The largest absolute Gasteiger partial charge is 0.399 e. The van der Waals surface area contributed by atoms with E-state index in [-0.39, 0.29) is 11.3 Å². The van der Waals surface area contributed by atoms with Gasteiger partial charge >= 0.3 is 0 Å². The number of rotatable bonds is 3. The Kier molecular flexibility index (Phi) is 4.11. The predicted molar refractivity (Wildman–Crippen MR) is 78.9 cm³/mol. The Labute approximate surface area is 120 Å². The first kappa shape index (κ1) is 15.3. The SMILES string of the molecule is CS(=O)(=O)C1CCCC(S(=O)(=O)c2cccc(N)c2)C1. The Hall–Kier alpha value is -1.08. The van der Waals surface area contributed by atoms with Gasteiger partial charge in [0.1, 0.15) is 9.84 Å². The predicted octanol–water partition coefficient (Wildman–Crippen LogP) is 1.40. The van der Waals surface area contributed by atoms with E-state index in [1.807, 2.05) is 0 Å².